The van der Waals surface area contributed by atoms with Gasteiger partial charge in [-0.1, -0.05) is 0 Å². The molecule has 2 aromatic rings. The van der Waals surface area contributed by atoms with Crippen LogP contribution in [-0.4, -0.2) is 15.9 Å². The summed E-state index contributed by atoms with van der Waals surface area (Å²) in [6.07, 6.45) is 4.55. The van der Waals surface area contributed by atoms with E-state index in [1.54, 1.807) is 11.3 Å². The quantitative estimate of drug-likeness (QED) is 0.824. The summed E-state index contributed by atoms with van der Waals surface area (Å²) in [6.45, 7) is 2.00. The van der Waals surface area contributed by atoms with E-state index < -0.39 is 0 Å². The lowest BCUT2D eigenvalue weighted by atomic mass is 10.2. The molecule has 2 nitrogen and oxygen atoms in total. The second-order valence-electron chi connectivity index (χ2n) is 4.74. The van der Waals surface area contributed by atoms with Crippen molar-refractivity contribution in [3.8, 4) is 0 Å². The normalized spacial score (nSPS) is 15.2. The maximum absolute atomic E-state index is 4.47. The molecule has 0 saturated heterocycles. The van der Waals surface area contributed by atoms with Crippen LogP contribution < -0.4 is 0 Å². The van der Waals surface area contributed by atoms with Gasteiger partial charge in [-0.2, -0.15) is 11.3 Å². The molecule has 18 heavy (non-hydrogen) atoms. The van der Waals surface area contributed by atoms with Crippen molar-refractivity contribution < 1.29 is 0 Å². The van der Waals surface area contributed by atoms with E-state index >= 15 is 0 Å². The van der Waals surface area contributed by atoms with Crippen LogP contribution in [0.5, 0.6) is 0 Å². The average Bonchev–Trinajstić information content (AvgIpc) is 3.10. The van der Waals surface area contributed by atoms with Crippen molar-refractivity contribution in [2.24, 2.45) is 0 Å². The van der Waals surface area contributed by atoms with Crippen molar-refractivity contribution >= 4 is 27.3 Å². The van der Waals surface area contributed by atoms with Gasteiger partial charge in [0.25, 0.3) is 0 Å². The van der Waals surface area contributed by atoms with E-state index in [1.165, 1.54) is 18.4 Å². The molecule has 3 rings (SSSR count). The molecule has 0 unspecified atom stereocenters. The highest BCUT2D eigenvalue weighted by atomic mass is 79.9. The zero-order valence-electron chi connectivity index (χ0n) is 10.1. The summed E-state index contributed by atoms with van der Waals surface area (Å²) in [4.78, 5) is 7.01. The molecule has 0 aromatic carbocycles. The number of aromatic nitrogens is 1. The monoisotopic (exact) mass is 322 g/mol. The minimum Gasteiger partial charge on any atom is -0.290 e. The summed E-state index contributed by atoms with van der Waals surface area (Å²) in [5.41, 5.74) is 2.57. The van der Waals surface area contributed by atoms with Crippen LogP contribution in [-0.2, 0) is 13.1 Å². The summed E-state index contributed by atoms with van der Waals surface area (Å²) in [5, 5.41) is 4.39. The van der Waals surface area contributed by atoms with E-state index in [-0.39, 0.29) is 0 Å². The molecule has 1 fully saturated rings. The van der Waals surface area contributed by atoms with Gasteiger partial charge in [-0.15, -0.1) is 0 Å². The van der Waals surface area contributed by atoms with Crippen LogP contribution in [0, 0.1) is 0 Å². The van der Waals surface area contributed by atoms with Gasteiger partial charge < -0.3 is 0 Å². The van der Waals surface area contributed by atoms with E-state index in [9.17, 15) is 0 Å². The maximum Gasteiger partial charge on any atom is 0.0545 e. The highest BCUT2D eigenvalue weighted by Gasteiger charge is 2.29. The number of hydrogen-bond donors (Lipinski definition) is 0. The van der Waals surface area contributed by atoms with Crippen molar-refractivity contribution in [1.82, 2.24) is 9.88 Å². The van der Waals surface area contributed by atoms with Crippen molar-refractivity contribution in [2.45, 2.75) is 32.0 Å². The third-order valence-electron chi connectivity index (χ3n) is 3.18. The molecule has 0 radical (unpaired) electrons. The van der Waals surface area contributed by atoms with Gasteiger partial charge in [-0.05, 0) is 63.3 Å². The molecule has 1 aliphatic rings. The average molecular weight is 323 g/mol. The summed E-state index contributed by atoms with van der Waals surface area (Å²) >= 11 is 5.20. The summed E-state index contributed by atoms with van der Waals surface area (Å²) < 4.78 is 1.04. The molecular formula is C14H15BrN2S. The Morgan fingerprint density at radius 3 is 2.78 bits per heavy atom. The maximum atomic E-state index is 4.47. The smallest absolute Gasteiger partial charge is 0.0545 e. The molecule has 0 amide bonds. The molecule has 2 aromatic heterocycles. The van der Waals surface area contributed by atoms with Crippen LogP contribution in [0.3, 0.4) is 0 Å². The highest BCUT2D eigenvalue weighted by Crippen LogP contribution is 2.30. The SMILES string of the molecule is Brc1ccc(CN(Cc2ccsc2)C2CC2)nc1. The Morgan fingerprint density at radius 1 is 1.28 bits per heavy atom. The molecule has 0 atom stereocenters. The number of rotatable bonds is 5. The Balaban J connectivity index is 1.68. The lowest BCUT2D eigenvalue weighted by Crippen LogP contribution is -2.25. The first-order valence-corrected chi connectivity index (χ1v) is 7.90. The van der Waals surface area contributed by atoms with Crippen LogP contribution in [0.25, 0.3) is 0 Å². The van der Waals surface area contributed by atoms with Gasteiger partial charge in [0, 0.05) is 29.8 Å². The minimum atomic E-state index is 0.760. The van der Waals surface area contributed by atoms with E-state index in [0.29, 0.717) is 0 Å². The molecule has 2 heterocycles. The predicted octanol–water partition coefficient (Wildman–Crippen LogP) is 4.07. The Hall–Kier alpha value is -0.710. The number of nitrogens with zero attached hydrogens (tertiary/aromatic N) is 2. The summed E-state index contributed by atoms with van der Waals surface area (Å²) in [5.74, 6) is 0. The van der Waals surface area contributed by atoms with E-state index in [1.807, 2.05) is 6.20 Å². The predicted molar refractivity (Wildman–Crippen MR) is 78.5 cm³/mol. The fraction of sp³-hybridized carbons (Fsp3) is 0.357. The van der Waals surface area contributed by atoms with Crippen molar-refractivity contribution in [3.63, 3.8) is 0 Å². The van der Waals surface area contributed by atoms with Crippen molar-refractivity contribution in [3.05, 3.63) is 50.9 Å². The van der Waals surface area contributed by atoms with Gasteiger partial charge in [-0.25, -0.2) is 0 Å². The van der Waals surface area contributed by atoms with Gasteiger partial charge in [0.05, 0.1) is 5.69 Å². The van der Waals surface area contributed by atoms with E-state index in [0.717, 1.165) is 29.3 Å². The standard InChI is InChI=1S/C14H15BrN2S/c15-12-1-2-13(16-7-12)9-17(14-3-4-14)8-11-5-6-18-10-11/h1-2,5-7,10,14H,3-4,8-9H2. The zero-order chi connectivity index (χ0) is 12.4. The lowest BCUT2D eigenvalue weighted by Gasteiger charge is -2.21. The fourth-order valence-electron chi connectivity index (χ4n) is 2.08. The second kappa shape index (κ2) is 5.51. The van der Waals surface area contributed by atoms with E-state index in [2.05, 4.69) is 54.8 Å². The Kier molecular flexibility index (Phi) is 3.77. The first-order chi connectivity index (χ1) is 8.81. The van der Waals surface area contributed by atoms with Crippen LogP contribution >= 0.6 is 27.3 Å². The van der Waals surface area contributed by atoms with Crippen molar-refractivity contribution in [2.75, 3.05) is 0 Å². The largest absolute Gasteiger partial charge is 0.290 e. The molecule has 0 bridgehead atoms. The van der Waals surface area contributed by atoms with Crippen LogP contribution in [0.15, 0.2) is 39.6 Å². The Morgan fingerprint density at radius 2 is 2.17 bits per heavy atom. The first-order valence-electron chi connectivity index (χ1n) is 6.17. The molecule has 0 N–H and O–H groups in total. The molecular weight excluding hydrogens is 308 g/mol. The molecule has 4 heteroatoms. The van der Waals surface area contributed by atoms with Crippen LogP contribution in [0.1, 0.15) is 24.1 Å². The van der Waals surface area contributed by atoms with Gasteiger partial charge in [0.1, 0.15) is 0 Å². The van der Waals surface area contributed by atoms with Gasteiger partial charge in [0.15, 0.2) is 0 Å². The summed E-state index contributed by atoms with van der Waals surface area (Å²) in [7, 11) is 0. The Labute approximate surface area is 120 Å². The van der Waals surface area contributed by atoms with Gasteiger partial charge >= 0.3 is 0 Å². The zero-order valence-corrected chi connectivity index (χ0v) is 12.5. The summed E-state index contributed by atoms with van der Waals surface area (Å²) in [6, 6.07) is 7.15. The second-order valence-corrected chi connectivity index (χ2v) is 6.43. The third-order valence-corrected chi connectivity index (χ3v) is 4.38. The van der Waals surface area contributed by atoms with Gasteiger partial charge in [-0.3, -0.25) is 9.88 Å². The topological polar surface area (TPSA) is 16.1 Å². The van der Waals surface area contributed by atoms with E-state index in [4.69, 9.17) is 0 Å². The number of halogens is 1. The molecule has 94 valence electrons. The number of thiophene rings is 1. The Bertz CT molecular complexity index is 491. The third kappa shape index (κ3) is 3.19. The van der Waals surface area contributed by atoms with Gasteiger partial charge in [0.2, 0.25) is 0 Å². The molecule has 1 aliphatic carbocycles. The molecule has 0 spiro atoms. The van der Waals surface area contributed by atoms with Crippen LogP contribution in [0.2, 0.25) is 0 Å². The fourth-order valence-corrected chi connectivity index (χ4v) is 2.97. The highest BCUT2D eigenvalue weighted by molar-refractivity contribution is 9.10. The first kappa shape index (κ1) is 12.3. The number of hydrogen-bond acceptors (Lipinski definition) is 3. The molecule has 1 saturated carbocycles. The van der Waals surface area contributed by atoms with Crippen molar-refractivity contribution in [1.29, 1.82) is 0 Å². The minimum absolute atomic E-state index is 0.760. The number of pyridine rings is 1. The molecule has 0 aliphatic heterocycles. The van der Waals surface area contributed by atoms with Crippen LogP contribution in [0.4, 0.5) is 0 Å². The lowest BCUT2D eigenvalue weighted by molar-refractivity contribution is 0.243.